The molecule has 208 valence electrons. The summed E-state index contributed by atoms with van der Waals surface area (Å²) in [6.07, 6.45) is -6.00. The Labute approximate surface area is 225 Å². The largest absolute Gasteiger partial charge is 0.387 e. The number of fused-ring (bicyclic) bond motifs is 1. The highest BCUT2D eigenvalue weighted by molar-refractivity contribution is 7.72. The average molecular weight is 613 g/mol. The second kappa shape index (κ2) is 10.7. The molecule has 1 aliphatic heterocycles. The number of hydrogen-bond donors (Lipinski definition) is 6. The molecule has 0 saturated carbocycles. The lowest BCUT2D eigenvalue weighted by Crippen LogP contribution is -2.34. The Hall–Kier alpha value is -1.74. The fourth-order valence-corrected chi connectivity index (χ4v) is 6.01. The third-order valence-corrected chi connectivity index (χ3v) is 11.5. The highest BCUT2D eigenvalue weighted by atomic mass is 35.5. The van der Waals surface area contributed by atoms with Crippen molar-refractivity contribution in [2.45, 2.75) is 49.8 Å². The van der Waals surface area contributed by atoms with E-state index < -0.39 is 51.2 Å². The van der Waals surface area contributed by atoms with E-state index in [0.29, 0.717) is 5.02 Å². The number of nitrogens with one attached hydrogen (secondary N) is 1. The molecular weight excluding hydrogens is 589 g/mol. The Morgan fingerprint density at radius 3 is 2.47 bits per heavy atom. The lowest BCUT2D eigenvalue weighted by Gasteiger charge is -2.30. The number of rotatable bonds is 9. The highest BCUT2D eigenvalue weighted by Crippen LogP contribution is 2.71. The minimum atomic E-state index is -5.05. The Morgan fingerprint density at radius 1 is 1.13 bits per heavy atom. The minimum Gasteiger partial charge on any atom is -0.387 e. The van der Waals surface area contributed by atoms with E-state index in [1.165, 1.54) is 0 Å². The van der Waals surface area contributed by atoms with E-state index >= 15 is 0 Å². The van der Waals surface area contributed by atoms with Crippen molar-refractivity contribution in [1.82, 2.24) is 25.0 Å². The van der Waals surface area contributed by atoms with Crippen LogP contribution in [0.25, 0.3) is 11.2 Å². The molecule has 3 heterocycles. The van der Waals surface area contributed by atoms with Gasteiger partial charge in [0.25, 0.3) is 0 Å². The first kappa shape index (κ1) is 29.2. The Kier molecular flexibility index (Phi) is 8.22. The molecule has 1 saturated heterocycles. The van der Waals surface area contributed by atoms with Crippen molar-refractivity contribution < 1.29 is 43.3 Å². The van der Waals surface area contributed by atoms with Gasteiger partial charge in [-0.3, -0.25) is 9.13 Å². The summed E-state index contributed by atoms with van der Waals surface area (Å²) in [6, 6.07) is 7.14. The van der Waals surface area contributed by atoms with Crippen LogP contribution < -0.4 is 5.32 Å². The quantitative estimate of drug-likeness (QED) is 0.150. The summed E-state index contributed by atoms with van der Waals surface area (Å²) in [7, 11) is -9.96. The van der Waals surface area contributed by atoms with Crippen LogP contribution in [-0.2, 0) is 24.9 Å². The number of ether oxygens (including phenoxy) is 1. The normalized spacial score (nSPS) is 24.0. The molecule has 0 spiro atoms. The van der Waals surface area contributed by atoms with E-state index in [0.717, 1.165) is 24.1 Å². The molecule has 19 heteroatoms. The van der Waals surface area contributed by atoms with Crippen molar-refractivity contribution in [3.05, 3.63) is 40.1 Å². The zero-order valence-electron chi connectivity index (χ0n) is 19.8. The van der Waals surface area contributed by atoms with Crippen LogP contribution in [0.4, 0.5) is 5.82 Å². The van der Waals surface area contributed by atoms with Gasteiger partial charge in [0.1, 0.15) is 18.3 Å². The molecule has 0 amide bonds. The highest BCUT2D eigenvalue weighted by Gasteiger charge is 2.55. The number of aliphatic hydroxyl groups is 2. The van der Waals surface area contributed by atoms with Gasteiger partial charge in [0, 0.05) is 11.6 Å². The van der Waals surface area contributed by atoms with Gasteiger partial charge in [0.2, 0.25) is 5.28 Å². The van der Waals surface area contributed by atoms with E-state index in [9.17, 15) is 34.0 Å². The number of halogens is 2. The van der Waals surface area contributed by atoms with Crippen molar-refractivity contribution in [1.29, 1.82) is 0 Å². The van der Waals surface area contributed by atoms with Crippen LogP contribution >= 0.6 is 38.4 Å². The first-order valence-corrected chi connectivity index (χ1v) is 14.9. The van der Waals surface area contributed by atoms with Crippen LogP contribution in [-0.4, -0.2) is 79.7 Å². The summed E-state index contributed by atoms with van der Waals surface area (Å²) in [5.74, 6) is 0.208. The number of aromatic nitrogens is 5. The molecule has 0 bridgehead atoms. The van der Waals surface area contributed by atoms with E-state index in [4.69, 9.17) is 32.5 Å². The van der Waals surface area contributed by atoms with Gasteiger partial charge in [-0.1, -0.05) is 35.0 Å². The summed E-state index contributed by atoms with van der Waals surface area (Å²) < 4.78 is 35.8. The Balaban J connectivity index is 1.55. The first-order valence-electron chi connectivity index (χ1n) is 10.9. The Bertz CT molecular complexity index is 1440. The molecule has 15 nitrogen and oxygen atoms in total. The van der Waals surface area contributed by atoms with Gasteiger partial charge in [-0.2, -0.15) is 14.6 Å². The summed E-state index contributed by atoms with van der Waals surface area (Å²) in [5.41, 5.74) is 0.975. The van der Waals surface area contributed by atoms with E-state index in [2.05, 4.69) is 25.6 Å². The summed E-state index contributed by atoms with van der Waals surface area (Å²) in [5, 5.41) is 32.5. The molecule has 3 aromatic rings. The minimum absolute atomic E-state index is 0.0416. The van der Waals surface area contributed by atoms with Crippen molar-refractivity contribution >= 4 is 55.4 Å². The number of anilines is 1. The third kappa shape index (κ3) is 5.47. The predicted octanol–water partition coefficient (Wildman–Crippen LogP) is 1.88. The standard InChI is InChI=1S/C19H24Cl2N6O9P2/c1-19(2,37(30,31)32)38(33,34)35-8-11-13(28)14(29)17(36-11)27-16-12(25-26-27)15(23-18(21)24-16)22-7-9-5-3-4-6-10(9)20/h3-6,11,13-14,17,28-29H,7-8H2,1-2H3,(H,33,34)(H,22,23,24)(H2,30,31,32)/t11-,13-,14-,17-/m1/s1. The molecule has 1 aromatic carbocycles. The Morgan fingerprint density at radius 2 is 1.82 bits per heavy atom. The zero-order chi connectivity index (χ0) is 28.0. The molecule has 4 rings (SSSR count). The van der Waals surface area contributed by atoms with Crippen LogP contribution in [0.1, 0.15) is 25.6 Å². The van der Waals surface area contributed by atoms with Gasteiger partial charge < -0.3 is 39.5 Å². The molecule has 1 unspecified atom stereocenters. The molecule has 1 aliphatic rings. The smallest absolute Gasteiger partial charge is 0.345 e. The number of aliphatic hydroxyl groups excluding tert-OH is 2. The monoisotopic (exact) mass is 612 g/mol. The molecule has 2 aromatic heterocycles. The number of hydrogen-bond acceptors (Lipinski definition) is 11. The molecule has 1 fully saturated rings. The van der Waals surface area contributed by atoms with Gasteiger partial charge in [-0.25, -0.2) is 0 Å². The molecule has 0 radical (unpaired) electrons. The molecule has 0 aliphatic carbocycles. The van der Waals surface area contributed by atoms with Gasteiger partial charge >= 0.3 is 15.2 Å². The summed E-state index contributed by atoms with van der Waals surface area (Å²) in [6.45, 7) is 1.24. The molecule has 38 heavy (non-hydrogen) atoms. The maximum absolute atomic E-state index is 12.5. The lowest BCUT2D eigenvalue weighted by atomic mass is 10.1. The van der Waals surface area contributed by atoms with Gasteiger partial charge in [0.15, 0.2) is 28.1 Å². The van der Waals surface area contributed by atoms with Gasteiger partial charge in [-0.05, 0) is 37.1 Å². The second-order valence-corrected chi connectivity index (χ2v) is 14.6. The van der Waals surface area contributed by atoms with E-state index in [1.54, 1.807) is 12.1 Å². The van der Waals surface area contributed by atoms with Crippen molar-refractivity contribution in [2.75, 3.05) is 11.9 Å². The number of benzene rings is 1. The van der Waals surface area contributed by atoms with Crippen molar-refractivity contribution in [2.24, 2.45) is 0 Å². The van der Waals surface area contributed by atoms with Crippen LogP contribution in [0.5, 0.6) is 0 Å². The average Bonchev–Trinajstić information content (AvgIpc) is 3.37. The van der Waals surface area contributed by atoms with E-state index in [-0.39, 0.29) is 28.8 Å². The maximum atomic E-state index is 12.5. The fourth-order valence-electron chi connectivity index (χ4n) is 3.48. The van der Waals surface area contributed by atoms with Gasteiger partial charge in [-0.15, -0.1) is 5.10 Å². The molecule has 6 N–H and O–H groups in total. The van der Waals surface area contributed by atoms with Crippen molar-refractivity contribution in [3.63, 3.8) is 0 Å². The fraction of sp³-hybridized carbons (Fsp3) is 0.474. The predicted molar refractivity (Wildman–Crippen MR) is 135 cm³/mol. The van der Waals surface area contributed by atoms with Crippen LogP contribution in [0.3, 0.4) is 0 Å². The summed E-state index contributed by atoms with van der Waals surface area (Å²) in [4.78, 5) is 34.8. The van der Waals surface area contributed by atoms with Crippen LogP contribution in [0.15, 0.2) is 24.3 Å². The van der Waals surface area contributed by atoms with Crippen LogP contribution in [0.2, 0.25) is 10.3 Å². The van der Waals surface area contributed by atoms with E-state index in [1.807, 2.05) is 12.1 Å². The first-order chi connectivity index (χ1) is 17.6. The SMILES string of the molecule is CC(C)(P(=O)(O)O)P(=O)(O)OC[C@H]1O[C@@H](n2nnc3c(NCc4ccccc4Cl)nc(Cl)nc32)[C@H](O)[C@@H]1O. The molecule has 5 atom stereocenters. The lowest BCUT2D eigenvalue weighted by molar-refractivity contribution is -0.0553. The topological polar surface area (TPSA) is 222 Å². The van der Waals surface area contributed by atoms with Crippen LogP contribution in [0, 0.1) is 0 Å². The second-order valence-electron chi connectivity index (χ2n) is 8.89. The van der Waals surface area contributed by atoms with Crippen molar-refractivity contribution in [3.8, 4) is 0 Å². The number of nitrogens with zero attached hydrogens (tertiary/aromatic N) is 5. The third-order valence-electron chi connectivity index (χ3n) is 6.10. The molecular formula is C19H24Cl2N6O9P2. The summed E-state index contributed by atoms with van der Waals surface area (Å²) >= 11 is 12.3. The maximum Gasteiger partial charge on any atom is 0.345 e. The zero-order valence-corrected chi connectivity index (χ0v) is 23.1. The van der Waals surface area contributed by atoms with Gasteiger partial charge in [0.05, 0.1) is 6.61 Å².